The maximum absolute atomic E-state index is 12.2. The van der Waals surface area contributed by atoms with Gasteiger partial charge in [-0.25, -0.2) is 4.79 Å². The lowest BCUT2D eigenvalue weighted by Gasteiger charge is -2.31. The highest BCUT2D eigenvalue weighted by Crippen LogP contribution is 2.21. The van der Waals surface area contributed by atoms with Gasteiger partial charge in [-0.15, -0.1) is 0 Å². The van der Waals surface area contributed by atoms with Crippen LogP contribution in [0.25, 0.3) is 0 Å². The van der Waals surface area contributed by atoms with Gasteiger partial charge in [-0.1, -0.05) is 0 Å². The molecule has 0 aromatic heterocycles. The van der Waals surface area contributed by atoms with Crippen LogP contribution in [0.2, 0.25) is 0 Å². The summed E-state index contributed by atoms with van der Waals surface area (Å²) < 4.78 is 0. The average molecular weight is 268 g/mol. The summed E-state index contributed by atoms with van der Waals surface area (Å²) in [5.74, 6) is -0.512. The lowest BCUT2D eigenvalue weighted by Crippen LogP contribution is -2.51. The van der Waals surface area contributed by atoms with Gasteiger partial charge in [0.2, 0.25) is 5.91 Å². The van der Waals surface area contributed by atoms with Crippen LogP contribution in [0.4, 0.5) is 4.79 Å². The van der Waals surface area contributed by atoms with Crippen molar-refractivity contribution in [3.8, 4) is 0 Å². The van der Waals surface area contributed by atoms with E-state index in [1.165, 1.54) is 4.90 Å². The molecule has 2 N–H and O–H groups in total. The van der Waals surface area contributed by atoms with Crippen LogP contribution in [0.1, 0.15) is 20.3 Å². The molecule has 0 spiro atoms. The van der Waals surface area contributed by atoms with Gasteiger partial charge in [-0.2, -0.15) is 0 Å². The first-order valence-electron chi connectivity index (χ1n) is 6.43. The van der Waals surface area contributed by atoms with E-state index in [-0.39, 0.29) is 24.4 Å². The first-order valence-corrected chi connectivity index (χ1v) is 6.43. The van der Waals surface area contributed by atoms with Gasteiger partial charge in [0.05, 0.1) is 0 Å². The van der Waals surface area contributed by atoms with Crippen molar-refractivity contribution in [3.05, 3.63) is 0 Å². The summed E-state index contributed by atoms with van der Waals surface area (Å²) in [6, 6.07) is -0.335. The second kappa shape index (κ2) is 4.80. The van der Waals surface area contributed by atoms with Gasteiger partial charge in [-0.05, 0) is 26.8 Å². The third-order valence-electron chi connectivity index (χ3n) is 3.96. The molecule has 0 radical (unpaired) electrons. The van der Waals surface area contributed by atoms with E-state index >= 15 is 0 Å². The highest BCUT2D eigenvalue weighted by molar-refractivity contribution is 6.07. The molecule has 106 valence electrons. The van der Waals surface area contributed by atoms with Crippen molar-refractivity contribution in [1.82, 2.24) is 20.4 Å². The van der Waals surface area contributed by atoms with E-state index < -0.39 is 11.6 Å². The van der Waals surface area contributed by atoms with Crippen LogP contribution in [0.15, 0.2) is 0 Å². The minimum atomic E-state index is -0.971. The Morgan fingerprint density at radius 3 is 2.63 bits per heavy atom. The largest absolute Gasteiger partial charge is 0.340 e. The Morgan fingerprint density at radius 1 is 1.47 bits per heavy atom. The van der Waals surface area contributed by atoms with E-state index in [0.717, 1.165) is 19.5 Å². The van der Waals surface area contributed by atoms with E-state index in [4.69, 9.17) is 0 Å². The van der Waals surface area contributed by atoms with Crippen LogP contribution >= 0.6 is 0 Å². The number of carbonyl (C=O) groups excluding carboxylic acids is 3. The van der Waals surface area contributed by atoms with Gasteiger partial charge in [0, 0.05) is 19.6 Å². The molecule has 7 nitrogen and oxygen atoms in total. The van der Waals surface area contributed by atoms with Gasteiger partial charge in [0.15, 0.2) is 0 Å². The van der Waals surface area contributed by atoms with E-state index in [0.29, 0.717) is 0 Å². The summed E-state index contributed by atoms with van der Waals surface area (Å²) in [7, 11) is 1.74. The second-order valence-electron chi connectivity index (χ2n) is 5.56. The summed E-state index contributed by atoms with van der Waals surface area (Å²) in [6.07, 6.45) is 0.913. The first kappa shape index (κ1) is 13.8. The summed E-state index contributed by atoms with van der Waals surface area (Å²) in [5, 5.41) is 5.43. The minimum Gasteiger partial charge on any atom is -0.340 e. The zero-order valence-electron chi connectivity index (χ0n) is 11.5. The zero-order chi connectivity index (χ0) is 14.2. The molecule has 0 bridgehead atoms. The molecule has 2 aliphatic rings. The van der Waals surface area contributed by atoms with Gasteiger partial charge < -0.3 is 15.1 Å². The Hall–Kier alpha value is -1.63. The number of likely N-dealkylation sites (N-methyl/N-ethyl adjacent to an activating group) is 1. The number of hydrogen-bond acceptors (Lipinski definition) is 4. The van der Waals surface area contributed by atoms with Crippen LogP contribution in [-0.2, 0) is 9.59 Å². The molecule has 19 heavy (non-hydrogen) atoms. The Morgan fingerprint density at radius 2 is 2.16 bits per heavy atom. The molecule has 0 unspecified atom stereocenters. The number of rotatable bonds is 3. The normalized spacial score (nSPS) is 25.6. The van der Waals surface area contributed by atoms with E-state index in [1.807, 2.05) is 0 Å². The van der Waals surface area contributed by atoms with Crippen molar-refractivity contribution in [3.63, 3.8) is 0 Å². The molecule has 2 rings (SSSR count). The molecule has 4 amide bonds. The highest BCUT2D eigenvalue weighted by Gasteiger charge is 2.46. The topological polar surface area (TPSA) is 81.8 Å². The van der Waals surface area contributed by atoms with Crippen molar-refractivity contribution in [2.75, 3.05) is 26.7 Å². The fraction of sp³-hybridized carbons (Fsp3) is 0.750. The van der Waals surface area contributed by atoms with Crippen LogP contribution < -0.4 is 10.6 Å². The van der Waals surface area contributed by atoms with Gasteiger partial charge in [-0.3, -0.25) is 14.9 Å². The standard InChI is InChI=1S/C12H20N4O3/c1-12(2)10(18)14-11(19)16(12)7-9(17)15(3)8-4-5-13-6-8/h8,13H,4-7H2,1-3H3,(H,14,18,19)/t8-/m0/s1. The minimum absolute atomic E-state index is 0.0719. The first-order chi connectivity index (χ1) is 8.84. The van der Waals surface area contributed by atoms with E-state index in [2.05, 4.69) is 10.6 Å². The van der Waals surface area contributed by atoms with Crippen LogP contribution in [-0.4, -0.2) is 65.9 Å². The number of nitrogens with one attached hydrogen (secondary N) is 2. The monoisotopic (exact) mass is 268 g/mol. The molecular weight excluding hydrogens is 248 g/mol. The van der Waals surface area contributed by atoms with Crippen LogP contribution in [0, 0.1) is 0 Å². The summed E-state index contributed by atoms with van der Waals surface area (Å²) in [6.45, 7) is 4.88. The molecule has 0 aromatic rings. The van der Waals surface area contributed by atoms with Crippen molar-refractivity contribution >= 4 is 17.8 Å². The molecule has 2 heterocycles. The molecule has 2 aliphatic heterocycles. The maximum Gasteiger partial charge on any atom is 0.325 e. The van der Waals surface area contributed by atoms with Crippen molar-refractivity contribution in [1.29, 1.82) is 0 Å². The molecule has 0 aliphatic carbocycles. The van der Waals surface area contributed by atoms with E-state index in [1.54, 1.807) is 25.8 Å². The molecule has 0 aromatic carbocycles. The Kier molecular flexibility index (Phi) is 3.49. The molecule has 7 heteroatoms. The number of nitrogens with zero attached hydrogens (tertiary/aromatic N) is 2. The molecule has 2 saturated heterocycles. The van der Waals surface area contributed by atoms with Gasteiger partial charge in [0.25, 0.3) is 5.91 Å². The van der Waals surface area contributed by atoms with Crippen molar-refractivity contribution < 1.29 is 14.4 Å². The lowest BCUT2D eigenvalue weighted by atomic mass is 10.0. The highest BCUT2D eigenvalue weighted by atomic mass is 16.2. The van der Waals surface area contributed by atoms with Gasteiger partial charge >= 0.3 is 6.03 Å². The number of hydrogen-bond donors (Lipinski definition) is 2. The Balaban J connectivity index is 2.02. The molecule has 2 fully saturated rings. The third-order valence-corrected chi connectivity index (χ3v) is 3.96. The Bertz CT molecular complexity index is 415. The summed E-state index contributed by atoms with van der Waals surface area (Å²) in [4.78, 5) is 38.4. The summed E-state index contributed by atoms with van der Waals surface area (Å²) in [5.41, 5.74) is -0.971. The number of carbonyl (C=O) groups is 3. The SMILES string of the molecule is CN(C(=O)CN1C(=O)NC(=O)C1(C)C)[C@H]1CCNC1. The van der Waals surface area contributed by atoms with Crippen molar-refractivity contribution in [2.24, 2.45) is 0 Å². The molecular formula is C12H20N4O3. The quantitative estimate of drug-likeness (QED) is 0.652. The number of urea groups is 1. The summed E-state index contributed by atoms with van der Waals surface area (Å²) >= 11 is 0. The zero-order valence-corrected chi connectivity index (χ0v) is 11.5. The van der Waals surface area contributed by atoms with Crippen LogP contribution in [0.5, 0.6) is 0 Å². The third kappa shape index (κ3) is 2.42. The predicted molar refractivity (Wildman–Crippen MR) is 68.4 cm³/mol. The van der Waals surface area contributed by atoms with Gasteiger partial charge in [0.1, 0.15) is 12.1 Å². The van der Waals surface area contributed by atoms with Crippen molar-refractivity contribution in [2.45, 2.75) is 31.8 Å². The smallest absolute Gasteiger partial charge is 0.325 e. The number of imide groups is 1. The maximum atomic E-state index is 12.2. The van der Waals surface area contributed by atoms with E-state index in [9.17, 15) is 14.4 Å². The number of amides is 4. The fourth-order valence-corrected chi connectivity index (χ4v) is 2.38. The average Bonchev–Trinajstić information content (AvgIpc) is 2.92. The Labute approximate surface area is 112 Å². The molecule has 1 atom stereocenters. The lowest BCUT2D eigenvalue weighted by molar-refractivity contribution is -0.134. The molecule has 0 saturated carbocycles. The second-order valence-corrected chi connectivity index (χ2v) is 5.56. The van der Waals surface area contributed by atoms with Crippen LogP contribution in [0.3, 0.4) is 0 Å². The predicted octanol–water partition coefficient (Wildman–Crippen LogP) is -0.863. The fourth-order valence-electron chi connectivity index (χ4n) is 2.38.